The number of urea groups is 1. The van der Waals surface area contributed by atoms with Crippen LogP contribution in [0.2, 0.25) is 5.02 Å². The molecule has 2 atom stereocenters. The van der Waals surface area contributed by atoms with Crippen LogP contribution in [0.3, 0.4) is 0 Å². The van der Waals surface area contributed by atoms with E-state index in [0.717, 1.165) is 44.0 Å². The Labute approximate surface area is 176 Å². The quantitative estimate of drug-likeness (QED) is 0.645. The smallest absolute Gasteiger partial charge is 0.319 e. The summed E-state index contributed by atoms with van der Waals surface area (Å²) in [5.41, 5.74) is 1.66. The van der Waals surface area contributed by atoms with Gasteiger partial charge < -0.3 is 25.6 Å². The van der Waals surface area contributed by atoms with Gasteiger partial charge in [0.05, 0.1) is 13.3 Å². The number of aromatic nitrogens is 1. The Hall–Kier alpha value is -2.35. The summed E-state index contributed by atoms with van der Waals surface area (Å²) in [4.78, 5) is 19.6. The topological polar surface area (TPSA) is 78.5 Å². The average Bonchev–Trinajstić information content (AvgIpc) is 2.74. The van der Waals surface area contributed by atoms with Crippen LogP contribution in [0.5, 0.6) is 5.75 Å². The molecule has 1 aromatic carbocycles. The first kappa shape index (κ1) is 21.4. The van der Waals surface area contributed by atoms with E-state index in [1.807, 2.05) is 19.2 Å². The average molecular weight is 418 g/mol. The van der Waals surface area contributed by atoms with Crippen molar-refractivity contribution in [3.63, 3.8) is 0 Å². The molecule has 1 aliphatic heterocycles. The maximum absolute atomic E-state index is 12.6. The highest BCUT2D eigenvalue weighted by molar-refractivity contribution is 6.30. The number of likely N-dealkylation sites (N-methyl/N-ethyl adjacent to an activating group) is 1. The molecule has 3 rings (SSSR count). The molecule has 3 N–H and O–H groups in total. The van der Waals surface area contributed by atoms with Crippen LogP contribution in [0, 0.1) is 0 Å². The van der Waals surface area contributed by atoms with Crippen molar-refractivity contribution in [1.82, 2.24) is 20.5 Å². The van der Waals surface area contributed by atoms with Gasteiger partial charge in [0.25, 0.3) is 0 Å². The van der Waals surface area contributed by atoms with Crippen molar-refractivity contribution < 1.29 is 9.53 Å². The second-order valence-electron chi connectivity index (χ2n) is 7.13. The van der Waals surface area contributed by atoms with E-state index in [1.165, 1.54) is 0 Å². The van der Waals surface area contributed by atoms with Crippen LogP contribution in [-0.4, -0.2) is 62.3 Å². The number of halogens is 1. The SMILES string of the molecule is CNCCN1CC[C@@H](NC(=O)Nc2ccc(Cl)cc2)[C@H](c2ccc(OC)cn2)C1. The number of carbonyl (C=O) groups is 1. The van der Waals surface area contributed by atoms with Gasteiger partial charge in [0, 0.05) is 54.5 Å². The van der Waals surface area contributed by atoms with Crippen LogP contribution in [0.15, 0.2) is 42.6 Å². The lowest BCUT2D eigenvalue weighted by atomic mass is 9.88. The van der Waals surface area contributed by atoms with Crippen molar-refractivity contribution in [2.24, 2.45) is 0 Å². The Bertz CT molecular complexity index is 785. The summed E-state index contributed by atoms with van der Waals surface area (Å²) in [5.74, 6) is 0.823. The zero-order valence-electron chi connectivity index (χ0n) is 16.8. The second-order valence-corrected chi connectivity index (χ2v) is 7.57. The van der Waals surface area contributed by atoms with Gasteiger partial charge in [-0.1, -0.05) is 11.6 Å². The predicted octanol–water partition coefficient (Wildman–Crippen LogP) is 2.94. The van der Waals surface area contributed by atoms with E-state index in [-0.39, 0.29) is 18.0 Å². The Kier molecular flexibility index (Phi) is 7.69. The van der Waals surface area contributed by atoms with Crippen molar-refractivity contribution in [2.75, 3.05) is 45.7 Å². The number of nitrogens with zero attached hydrogens (tertiary/aromatic N) is 2. The van der Waals surface area contributed by atoms with Gasteiger partial charge >= 0.3 is 6.03 Å². The largest absolute Gasteiger partial charge is 0.495 e. The molecule has 2 heterocycles. The molecule has 0 spiro atoms. The van der Waals surface area contributed by atoms with E-state index in [2.05, 4.69) is 25.8 Å². The molecule has 2 aromatic rings. The highest BCUT2D eigenvalue weighted by atomic mass is 35.5. The van der Waals surface area contributed by atoms with E-state index < -0.39 is 0 Å². The summed E-state index contributed by atoms with van der Waals surface area (Å²) in [5, 5.41) is 9.85. The Morgan fingerprint density at radius 3 is 2.72 bits per heavy atom. The van der Waals surface area contributed by atoms with Crippen molar-refractivity contribution in [2.45, 2.75) is 18.4 Å². The van der Waals surface area contributed by atoms with Gasteiger partial charge in [0.15, 0.2) is 0 Å². The normalized spacial score (nSPS) is 19.6. The van der Waals surface area contributed by atoms with Crippen molar-refractivity contribution in [3.05, 3.63) is 53.3 Å². The molecule has 156 valence electrons. The first-order valence-corrected chi connectivity index (χ1v) is 10.2. The number of likely N-dealkylation sites (tertiary alicyclic amines) is 1. The number of hydrogen-bond donors (Lipinski definition) is 3. The number of anilines is 1. The monoisotopic (exact) mass is 417 g/mol. The van der Waals surface area contributed by atoms with Crippen LogP contribution in [-0.2, 0) is 0 Å². The summed E-state index contributed by atoms with van der Waals surface area (Å²) < 4.78 is 5.23. The third-order valence-corrected chi connectivity index (χ3v) is 5.42. The highest BCUT2D eigenvalue weighted by Gasteiger charge is 2.32. The van der Waals surface area contributed by atoms with Gasteiger partial charge in [0.2, 0.25) is 0 Å². The molecular formula is C21H28ClN5O2. The van der Waals surface area contributed by atoms with Crippen molar-refractivity contribution in [3.8, 4) is 5.75 Å². The summed E-state index contributed by atoms with van der Waals surface area (Å²) >= 11 is 5.91. The Balaban J connectivity index is 1.69. The van der Waals surface area contributed by atoms with Gasteiger partial charge in [-0.2, -0.15) is 0 Å². The second kappa shape index (κ2) is 10.4. The number of ether oxygens (including phenoxy) is 1. The van der Waals surface area contributed by atoms with E-state index in [4.69, 9.17) is 16.3 Å². The molecule has 0 aliphatic carbocycles. The molecule has 7 nitrogen and oxygen atoms in total. The minimum Gasteiger partial charge on any atom is -0.495 e. The third-order valence-electron chi connectivity index (χ3n) is 5.17. The first-order chi connectivity index (χ1) is 14.1. The lowest BCUT2D eigenvalue weighted by Crippen LogP contribution is -2.51. The highest BCUT2D eigenvalue weighted by Crippen LogP contribution is 2.27. The van der Waals surface area contributed by atoms with E-state index in [1.54, 1.807) is 37.6 Å². The fourth-order valence-electron chi connectivity index (χ4n) is 3.57. The molecule has 8 heteroatoms. The number of pyridine rings is 1. The summed E-state index contributed by atoms with van der Waals surface area (Å²) in [7, 11) is 3.58. The maximum atomic E-state index is 12.6. The number of carbonyl (C=O) groups excluding carboxylic acids is 1. The van der Waals surface area contributed by atoms with Crippen LogP contribution in [0.25, 0.3) is 0 Å². The number of piperidine rings is 1. The molecule has 1 fully saturated rings. The molecule has 1 aromatic heterocycles. The number of hydrogen-bond acceptors (Lipinski definition) is 5. The molecule has 0 radical (unpaired) electrons. The van der Waals surface area contributed by atoms with Crippen LogP contribution < -0.4 is 20.7 Å². The lowest BCUT2D eigenvalue weighted by Gasteiger charge is -2.38. The number of rotatable bonds is 7. The lowest BCUT2D eigenvalue weighted by molar-refractivity contribution is 0.174. The van der Waals surface area contributed by atoms with Gasteiger partial charge in [-0.3, -0.25) is 4.98 Å². The van der Waals surface area contributed by atoms with Crippen molar-refractivity contribution in [1.29, 1.82) is 0 Å². The zero-order valence-corrected chi connectivity index (χ0v) is 17.6. The first-order valence-electron chi connectivity index (χ1n) is 9.79. The number of amides is 2. The zero-order chi connectivity index (χ0) is 20.6. The minimum atomic E-state index is -0.223. The van der Waals surface area contributed by atoms with E-state index in [0.29, 0.717) is 10.7 Å². The molecule has 29 heavy (non-hydrogen) atoms. The third kappa shape index (κ3) is 6.06. The molecule has 0 saturated carbocycles. The fraction of sp³-hybridized carbons (Fsp3) is 0.429. The Morgan fingerprint density at radius 1 is 1.28 bits per heavy atom. The predicted molar refractivity (Wildman–Crippen MR) is 116 cm³/mol. The molecule has 0 unspecified atom stereocenters. The minimum absolute atomic E-state index is 0.00553. The van der Waals surface area contributed by atoms with Gasteiger partial charge in [-0.15, -0.1) is 0 Å². The number of nitrogens with one attached hydrogen (secondary N) is 3. The molecule has 2 amide bonds. The standard InChI is InChI=1S/C21H28ClN5O2/c1-23-10-12-27-11-9-20(18(14-27)19-8-7-17(29-2)13-24-19)26-21(28)25-16-5-3-15(22)4-6-16/h3-8,13,18,20,23H,9-12,14H2,1-2H3,(H2,25,26,28)/t18-,20+/m0/s1. The Morgan fingerprint density at radius 2 is 2.07 bits per heavy atom. The van der Waals surface area contributed by atoms with E-state index in [9.17, 15) is 4.79 Å². The van der Waals surface area contributed by atoms with Gasteiger partial charge in [-0.05, 0) is 49.9 Å². The molecule has 1 aliphatic rings. The summed E-state index contributed by atoms with van der Waals surface area (Å²) in [6.45, 7) is 3.66. The van der Waals surface area contributed by atoms with Crippen LogP contribution in [0.4, 0.5) is 10.5 Å². The van der Waals surface area contributed by atoms with Crippen molar-refractivity contribution >= 4 is 23.3 Å². The van der Waals surface area contributed by atoms with Crippen LogP contribution in [0.1, 0.15) is 18.0 Å². The van der Waals surface area contributed by atoms with Crippen LogP contribution >= 0.6 is 11.6 Å². The molecule has 0 bridgehead atoms. The fourth-order valence-corrected chi connectivity index (χ4v) is 3.69. The molecule has 1 saturated heterocycles. The van der Waals surface area contributed by atoms with Gasteiger partial charge in [-0.25, -0.2) is 4.79 Å². The van der Waals surface area contributed by atoms with Gasteiger partial charge in [0.1, 0.15) is 5.75 Å². The molecular weight excluding hydrogens is 390 g/mol. The maximum Gasteiger partial charge on any atom is 0.319 e. The number of benzene rings is 1. The van der Waals surface area contributed by atoms with E-state index >= 15 is 0 Å². The summed E-state index contributed by atoms with van der Waals surface area (Å²) in [6, 6.07) is 10.7. The number of methoxy groups -OCH3 is 1. The summed E-state index contributed by atoms with van der Waals surface area (Å²) in [6.07, 6.45) is 2.59.